The van der Waals surface area contributed by atoms with Crippen LogP contribution < -0.4 is 0 Å². The zero-order chi connectivity index (χ0) is 32.5. The van der Waals surface area contributed by atoms with Crippen LogP contribution in [-0.2, 0) is 47.5 Å². The fourth-order valence-corrected chi connectivity index (χ4v) is 11.0. The van der Waals surface area contributed by atoms with Crippen molar-refractivity contribution in [3.8, 4) is 0 Å². The van der Waals surface area contributed by atoms with Crippen molar-refractivity contribution in [2.45, 2.75) is 96.5 Å². The van der Waals surface area contributed by atoms with Crippen molar-refractivity contribution in [3.05, 3.63) is 35.5 Å². The Morgan fingerprint density at radius 1 is 1.02 bits per heavy atom. The van der Waals surface area contributed by atoms with Crippen LogP contribution in [0.25, 0.3) is 0 Å². The minimum atomic E-state index is -1.70. The highest BCUT2D eigenvalue weighted by molar-refractivity contribution is 5.88. The molecule has 11 nitrogen and oxygen atoms in total. The van der Waals surface area contributed by atoms with Gasteiger partial charge in [-0.2, -0.15) is 0 Å². The summed E-state index contributed by atoms with van der Waals surface area (Å²) in [5.41, 5.74) is -3.62. The first-order chi connectivity index (χ1) is 21.2. The van der Waals surface area contributed by atoms with E-state index in [1.807, 2.05) is 32.9 Å². The maximum absolute atomic E-state index is 13.7. The molecule has 11 heteroatoms. The van der Waals surface area contributed by atoms with Crippen molar-refractivity contribution >= 4 is 12.3 Å². The summed E-state index contributed by atoms with van der Waals surface area (Å²) < 4.78 is 49.6. The molecule has 0 spiro atoms. The van der Waals surface area contributed by atoms with Crippen LogP contribution in [0.3, 0.4) is 0 Å². The van der Waals surface area contributed by atoms with E-state index in [9.17, 15) is 14.7 Å². The Balaban J connectivity index is 1.45. The molecule has 15 atom stereocenters. The first-order valence-corrected chi connectivity index (χ1v) is 15.9. The zero-order valence-corrected chi connectivity index (χ0v) is 27.5. The number of aldehydes is 1. The summed E-state index contributed by atoms with van der Waals surface area (Å²) in [6.45, 7) is 11.9. The van der Waals surface area contributed by atoms with Crippen molar-refractivity contribution in [2.75, 3.05) is 27.9 Å². The molecule has 7 rings (SSSR count). The Morgan fingerprint density at radius 2 is 1.76 bits per heavy atom. The first-order valence-electron chi connectivity index (χ1n) is 15.9. The minimum absolute atomic E-state index is 0.304. The Hall–Kier alpha value is -1.96. The molecule has 45 heavy (non-hydrogen) atoms. The van der Waals surface area contributed by atoms with Gasteiger partial charge in [0.15, 0.2) is 24.7 Å². The first kappa shape index (κ1) is 31.6. The molecule has 1 N–H and O–H groups in total. The minimum Gasteiger partial charge on any atom is -0.456 e. The van der Waals surface area contributed by atoms with Crippen LogP contribution in [0.2, 0.25) is 0 Å². The van der Waals surface area contributed by atoms with E-state index < -0.39 is 76.0 Å². The monoisotopic (exact) mass is 630 g/mol. The normalized spacial score (nSPS) is 55.7. The number of aliphatic hydroxyl groups is 1. The van der Waals surface area contributed by atoms with Crippen LogP contribution in [0.1, 0.15) is 48.0 Å². The summed E-state index contributed by atoms with van der Waals surface area (Å²) in [4.78, 5) is 27.3. The largest absolute Gasteiger partial charge is 0.456 e. The molecule has 3 aliphatic carbocycles. The summed E-state index contributed by atoms with van der Waals surface area (Å²) in [5, 5.41) is 12.3. The van der Waals surface area contributed by atoms with Crippen LogP contribution in [0.5, 0.6) is 0 Å². The van der Waals surface area contributed by atoms with Crippen molar-refractivity contribution in [1.82, 2.24) is 0 Å². The van der Waals surface area contributed by atoms with Gasteiger partial charge in [0.25, 0.3) is 0 Å². The van der Waals surface area contributed by atoms with E-state index in [1.54, 1.807) is 47.3 Å². The maximum Gasteiger partial charge on any atom is 0.333 e. The van der Waals surface area contributed by atoms with Gasteiger partial charge in [0.1, 0.15) is 18.0 Å². The van der Waals surface area contributed by atoms with Crippen LogP contribution >= 0.6 is 0 Å². The molecule has 0 aromatic heterocycles. The molecule has 7 aliphatic rings. The van der Waals surface area contributed by atoms with Crippen molar-refractivity contribution in [3.63, 3.8) is 0 Å². The third-order valence-electron chi connectivity index (χ3n) is 13.2. The van der Waals surface area contributed by atoms with Crippen molar-refractivity contribution in [1.29, 1.82) is 0 Å². The lowest BCUT2D eigenvalue weighted by atomic mass is 9.39. The molecule has 15 unspecified atom stereocenters. The lowest BCUT2D eigenvalue weighted by Crippen LogP contribution is -2.74. The number of rotatable bonds is 8. The standard InChI is InChI=1S/C34H46O11/c1-10-17(2)26(36)43-25-22-23-29(3,16-41-22)11-12-33(37)31(23,5)24(28(40-9)45-33)32(25,6)34-20(44-34)14-19(30(34,4)15-35)18-13-21(38-7)42-27(18)39-8/h10-13,15,19-25,27-28,37H,14,16H2,1-9H3. The van der Waals surface area contributed by atoms with E-state index in [2.05, 4.69) is 6.92 Å². The van der Waals surface area contributed by atoms with Crippen LogP contribution in [0, 0.1) is 39.4 Å². The average molecular weight is 631 g/mol. The number of allylic oxidation sites excluding steroid dienone is 1. The van der Waals surface area contributed by atoms with Gasteiger partial charge in [0, 0.05) is 60.9 Å². The molecule has 2 saturated carbocycles. The third-order valence-corrected chi connectivity index (χ3v) is 13.2. The molecule has 4 aliphatic heterocycles. The summed E-state index contributed by atoms with van der Waals surface area (Å²) in [6, 6.07) is 0. The van der Waals surface area contributed by atoms with Gasteiger partial charge >= 0.3 is 5.97 Å². The molecular weight excluding hydrogens is 584 g/mol. The number of ether oxygens (including phenoxy) is 8. The molecule has 4 heterocycles. The second-order valence-corrected chi connectivity index (χ2v) is 14.9. The molecule has 0 bridgehead atoms. The van der Waals surface area contributed by atoms with E-state index in [-0.39, 0.29) is 17.9 Å². The molecule has 0 radical (unpaired) electrons. The van der Waals surface area contributed by atoms with Crippen LogP contribution in [0.15, 0.2) is 35.5 Å². The van der Waals surface area contributed by atoms with E-state index in [0.29, 0.717) is 18.6 Å². The number of fused-ring (bicyclic) bond motifs is 1. The number of carbonyl (C=O) groups excluding carboxylic acids is 2. The van der Waals surface area contributed by atoms with Gasteiger partial charge in [-0.05, 0) is 44.9 Å². The van der Waals surface area contributed by atoms with Gasteiger partial charge in [-0.15, -0.1) is 0 Å². The van der Waals surface area contributed by atoms with Crippen LogP contribution in [-0.4, -0.2) is 93.9 Å². The van der Waals surface area contributed by atoms with Gasteiger partial charge in [0.05, 0.1) is 24.2 Å². The highest BCUT2D eigenvalue weighted by Crippen LogP contribution is 2.81. The third kappa shape index (κ3) is 3.49. The van der Waals surface area contributed by atoms with Gasteiger partial charge < -0.3 is 47.8 Å². The molecule has 3 saturated heterocycles. The maximum atomic E-state index is 13.7. The Labute approximate surface area is 264 Å². The number of hydrogen-bond acceptors (Lipinski definition) is 11. The van der Waals surface area contributed by atoms with E-state index in [4.69, 9.17) is 37.9 Å². The van der Waals surface area contributed by atoms with Gasteiger partial charge in [-0.1, -0.05) is 32.9 Å². The zero-order valence-electron chi connectivity index (χ0n) is 27.5. The summed E-state index contributed by atoms with van der Waals surface area (Å²) in [6.07, 6.45) is 4.65. The van der Waals surface area contributed by atoms with Crippen LogP contribution in [0.4, 0.5) is 0 Å². The Morgan fingerprint density at radius 3 is 2.38 bits per heavy atom. The molecule has 0 aromatic rings. The average Bonchev–Trinajstić information content (AvgIpc) is 3.24. The molecule has 248 valence electrons. The second-order valence-electron chi connectivity index (χ2n) is 14.9. The second kappa shape index (κ2) is 9.79. The lowest BCUT2D eigenvalue weighted by Gasteiger charge is -2.64. The lowest BCUT2D eigenvalue weighted by molar-refractivity contribution is -0.273. The van der Waals surface area contributed by atoms with Gasteiger partial charge in [0.2, 0.25) is 0 Å². The van der Waals surface area contributed by atoms with Gasteiger partial charge in [-0.3, -0.25) is 0 Å². The summed E-state index contributed by atoms with van der Waals surface area (Å²) in [7, 11) is 4.66. The highest BCUT2D eigenvalue weighted by Gasteiger charge is 2.91. The van der Waals surface area contributed by atoms with Crippen molar-refractivity contribution in [2.24, 2.45) is 39.4 Å². The number of epoxide rings is 1. The number of methoxy groups -OCH3 is 3. The highest BCUT2D eigenvalue weighted by atomic mass is 16.8. The predicted octanol–water partition coefficient (Wildman–Crippen LogP) is 3.05. The van der Waals surface area contributed by atoms with E-state index in [0.717, 1.165) is 11.9 Å². The fourth-order valence-electron chi connectivity index (χ4n) is 11.0. The van der Waals surface area contributed by atoms with E-state index in [1.165, 1.54) is 0 Å². The van der Waals surface area contributed by atoms with E-state index >= 15 is 0 Å². The Kier molecular flexibility index (Phi) is 6.88. The molecule has 0 aromatic carbocycles. The topological polar surface area (TPSA) is 132 Å². The van der Waals surface area contributed by atoms with Crippen molar-refractivity contribution < 1.29 is 52.6 Å². The van der Waals surface area contributed by atoms with Gasteiger partial charge in [-0.25, -0.2) is 4.79 Å². The fraction of sp³-hybridized carbons (Fsp3) is 0.765. The summed E-state index contributed by atoms with van der Waals surface area (Å²) >= 11 is 0. The number of hydrogen-bond donors (Lipinski definition) is 1. The predicted molar refractivity (Wildman–Crippen MR) is 157 cm³/mol. The molecular formula is C34H46O11. The molecule has 0 amide bonds. The summed E-state index contributed by atoms with van der Waals surface area (Å²) in [5.74, 6) is -3.40. The SMILES string of the molecule is CC=C(C)C(=O)OC1C2OCC3(C)C=CC4(O)OC(OC)C(C4(C)C23)C1(C)C12OC1CC(C1=CC(OC)OC1OC)C2(C)C=O. The number of carbonyl (C=O) groups is 2. The Bertz CT molecular complexity index is 1390. The quantitative estimate of drug-likeness (QED) is 0.140. The number of esters is 1. The smallest absolute Gasteiger partial charge is 0.333 e. The molecule has 5 fully saturated rings.